The van der Waals surface area contributed by atoms with Crippen LogP contribution in [0.25, 0.3) is 0 Å². The van der Waals surface area contributed by atoms with E-state index in [1.54, 1.807) is 0 Å². The lowest BCUT2D eigenvalue weighted by Gasteiger charge is -2.25. The zero-order valence-corrected chi connectivity index (χ0v) is 7.12. The zero-order chi connectivity index (χ0) is 7.23. The molecule has 0 saturated carbocycles. The molecule has 1 heterocycles. The van der Waals surface area contributed by atoms with Gasteiger partial charge in [0.2, 0.25) is 0 Å². The average Bonchev–Trinajstić information content (AvgIpc) is 1.84. The van der Waals surface area contributed by atoms with Crippen LogP contribution in [0.5, 0.6) is 0 Å². The highest BCUT2D eigenvalue weighted by Gasteiger charge is 2.15. The fraction of sp³-hybridized carbons (Fsp3) is 1.00. The Morgan fingerprint density at radius 2 is 2.20 bits per heavy atom. The lowest BCUT2D eigenvalue weighted by molar-refractivity contribution is 0.556. The maximum atomic E-state index is 5.36. The van der Waals surface area contributed by atoms with E-state index in [4.69, 9.17) is 5.73 Å². The summed E-state index contributed by atoms with van der Waals surface area (Å²) in [4.78, 5) is 0. The maximum Gasteiger partial charge on any atom is 0.0248 e. The molecule has 1 aliphatic rings. The van der Waals surface area contributed by atoms with Crippen molar-refractivity contribution in [1.82, 2.24) is 5.32 Å². The Kier molecular flexibility index (Phi) is 4.18. The first-order valence-electron chi connectivity index (χ1n) is 3.94. The van der Waals surface area contributed by atoms with Gasteiger partial charge < -0.3 is 11.1 Å². The summed E-state index contributed by atoms with van der Waals surface area (Å²) in [5, 5.41) is 3.48. The topological polar surface area (TPSA) is 38.0 Å². The zero-order valence-electron chi connectivity index (χ0n) is 6.31. The molecule has 0 aromatic carbocycles. The second kappa shape index (κ2) is 4.99. The average molecular weight is 160 g/mol. The van der Waals surface area contributed by atoms with Crippen LogP contribution in [0.3, 0.4) is 0 Å². The molecule has 0 aromatic heterocycles. The summed E-state index contributed by atoms with van der Waals surface area (Å²) < 4.78 is 0. The third-order valence-corrected chi connectivity index (χ3v) is 2.98. The first-order chi connectivity index (χ1) is 4.93. The predicted octanol–water partition coefficient (Wildman–Crippen LogP) is 0.430. The van der Waals surface area contributed by atoms with E-state index >= 15 is 0 Å². The van der Waals surface area contributed by atoms with Gasteiger partial charge in [-0.15, -0.1) is 0 Å². The van der Waals surface area contributed by atoms with E-state index in [1.165, 1.54) is 17.9 Å². The van der Waals surface area contributed by atoms with Crippen LogP contribution in [0.4, 0.5) is 0 Å². The van der Waals surface area contributed by atoms with Gasteiger partial charge in [0.25, 0.3) is 0 Å². The van der Waals surface area contributed by atoms with Gasteiger partial charge in [-0.3, -0.25) is 0 Å². The lowest BCUT2D eigenvalue weighted by atomic mass is 10.3. The normalized spacial score (nSPS) is 18.9. The number of thioether (sulfide) groups is 1. The van der Waals surface area contributed by atoms with Crippen molar-refractivity contribution in [3.63, 3.8) is 0 Å². The fourth-order valence-corrected chi connectivity index (χ4v) is 1.64. The van der Waals surface area contributed by atoms with Gasteiger partial charge in [-0.2, -0.15) is 11.8 Å². The van der Waals surface area contributed by atoms with Crippen molar-refractivity contribution in [3.8, 4) is 0 Å². The number of hydrogen-bond donors (Lipinski definition) is 2. The van der Waals surface area contributed by atoms with Crippen molar-refractivity contribution in [2.75, 3.05) is 24.6 Å². The minimum absolute atomic E-state index is 0.808. The minimum Gasteiger partial charge on any atom is -0.330 e. The van der Waals surface area contributed by atoms with E-state index in [9.17, 15) is 0 Å². The van der Waals surface area contributed by atoms with Crippen LogP contribution < -0.4 is 11.1 Å². The molecule has 0 unspecified atom stereocenters. The van der Waals surface area contributed by atoms with E-state index in [2.05, 4.69) is 5.32 Å². The summed E-state index contributed by atoms with van der Waals surface area (Å²) in [6.45, 7) is 1.99. The molecular weight excluding hydrogens is 144 g/mol. The Bertz CT molecular complexity index is 83.7. The van der Waals surface area contributed by atoms with Crippen LogP contribution >= 0.6 is 11.8 Å². The number of unbranched alkanes of at least 4 members (excludes halogenated alkanes) is 1. The summed E-state index contributed by atoms with van der Waals surface area (Å²) in [6, 6.07) is 0.808. The van der Waals surface area contributed by atoms with Gasteiger partial charge in [-0.05, 0) is 25.9 Å². The van der Waals surface area contributed by atoms with Crippen molar-refractivity contribution < 1.29 is 0 Å². The monoisotopic (exact) mass is 160 g/mol. The molecule has 1 rings (SSSR count). The highest BCUT2D eigenvalue weighted by molar-refractivity contribution is 8.00. The van der Waals surface area contributed by atoms with Crippen molar-refractivity contribution in [1.29, 1.82) is 0 Å². The van der Waals surface area contributed by atoms with Crippen LogP contribution in [0.2, 0.25) is 0 Å². The van der Waals surface area contributed by atoms with Gasteiger partial charge in [0, 0.05) is 17.5 Å². The summed E-state index contributed by atoms with van der Waals surface area (Å²) in [6.07, 6.45) is 2.39. The summed E-state index contributed by atoms with van der Waals surface area (Å²) in [5.74, 6) is 2.62. The summed E-state index contributed by atoms with van der Waals surface area (Å²) in [5.41, 5.74) is 5.36. The lowest BCUT2D eigenvalue weighted by Crippen LogP contribution is -2.40. The van der Waals surface area contributed by atoms with E-state index in [1.807, 2.05) is 11.8 Å². The van der Waals surface area contributed by atoms with Crippen LogP contribution in [0, 0.1) is 0 Å². The largest absolute Gasteiger partial charge is 0.330 e. The Balaban J connectivity index is 1.76. The number of nitrogens with one attached hydrogen (secondary N) is 1. The number of nitrogens with two attached hydrogens (primary N) is 1. The van der Waals surface area contributed by atoms with Crippen LogP contribution in [-0.4, -0.2) is 30.6 Å². The molecule has 1 fully saturated rings. The molecule has 10 heavy (non-hydrogen) atoms. The molecule has 1 aliphatic heterocycles. The second-order valence-electron chi connectivity index (χ2n) is 2.68. The highest BCUT2D eigenvalue weighted by Crippen LogP contribution is 2.16. The summed E-state index contributed by atoms with van der Waals surface area (Å²) in [7, 11) is 0. The van der Waals surface area contributed by atoms with Gasteiger partial charge >= 0.3 is 0 Å². The summed E-state index contributed by atoms with van der Waals surface area (Å²) >= 11 is 2.02. The molecule has 1 saturated heterocycles. The first kappa shape index (κ1) is 8.37. The molecule has 0 atom stereocenters. The molecule has 0 bridgehead atoms. The SMILES string of the molecule is NCCCCNC1CSC1. The molecule has 3 N–H and O–H groups in total. The molecule has 2 nitrogen and oxygen atoms in total. The van der Waals surface area contributed by atoms with Crippen molar-refractivity contribution in [2.45, 2.75) is 18.9 Å². The van der Waals surface area contributed by atoms with Gasteiger partial charge in [0.1, 0.15) is 0 Å². The van der Waals surface area contributed by atoms with Gasteiger partial charge in [0.05, 0.1) is 0 Å². The standard InChI is InChI=1S/C7H16N2S/c8-3-1-2-4-9-7-5-10-6-7/h7,9H,1-6,8H2. The Morgan fingerprint density at radius 3 is 2.70 bits per heavy atom. The molecule has 0 amide bonds. The number of rotatable bonds is 5. The highest BCUT2D eigenvalue weighted by atomic mass is 32.2. The molecule has 0 spiro atoms. The van der Waals surface area contributed by atoms with Crippen molar-refractivity contribution in [3.05, 3.63) is 0 Å². The molecule has 0 aromatic rings. The molecule has 0 radical (unpaired) electrons. The first-order valence-corrected chi connectivity index (χ1v) is 5.10. The van der Waals surface area contributed by atoms with Gasteiger partial charge in [-0.1, -0.05) is 0 Å². The van der Waals surface area contributed by atoms with Crippen LogP contribution in [-0.2, 0) is 0 Å². The number of hydrogen-bond acceptors (Lipinski definition) is 3. The molecule has 60 valence electrons. The van der Waals surface area contributed by atoms with Crippen molar-refractivity contribution >= 4 is 11.8 Å². The quantitative estimate of drug-likeness (QED) is 0.573. The minimum atomic E-state index is 0.808. The van der Waals surface area contributed by atoms with Crippen LogP contribution in [0.15, 0.2) is 0 Å². The molecular formula is C7H16N2S. The Morgan fingerprint density at radius 1 is 1.40 bits per heavy atom. The van der Waals surface area contributed by atoms with E-state index in [0.717, 1.165) is 25.6 Å². The second-order valence-corrected chi connectivity index (χ2v) is 3.76. The van der Waals surface area contributed by atoms with E-state index in [-0.39, 0.29) is 0 Å². The Hall–Kier alpha value is 0.270. The molecule has 0 aliphatic carbocycles. The fourth-order valence-electron chi connectivity index (χ4n) is 0.929. The van der Waals surface area contributed by atoms with Crippen LogP contribution in [0.1, 0.15) is 12.8 Å². The smallest absolute Gasteiger partial charge is 0.0248 e. The Labute approximate surface area is 66.9 Å². The van der Waals surface area contributed by atoms with Gasteiger partial charge in [-0.25, -0.2) is 0 Å². The van der Waals surface area contributed by atoms with Gasteiger partial charge in [0.15, 0.2) is 0 Å². The van der Waals surface area contributed by atoms with Crippen molar-refractivity contribution in [2.24, 2.45) is 5.73 Å². The van der Waals surface area contributed by atoms with E-state index < -0.39 is 0 Å². The predicted molar refractivity (Wildman–Crippen MR) is 47.4 cm³/mol. The maximum absolute atomic E-state index is 5.36. The van der Waals surface area contributed by atoms with E-state index in [0.29, 0.717) is 0 Å². The third kappa shape index (κ3) is 2.90. The molecule has 3 heteroatoms. The third-order valence-electron chi connectivity index (χ3n) is 1.70.